The summed E-state index contributed by atoms with van der Waals surface area (Å²) in [7, 11) is 0. The van der Waals surface area contributed by atoms with E-state index in [1.54, 1.807) is 16.8 Å². The summed E-state index contributed by atoms with van der Waals surface area (Å²) in [6, 6.07) is 4.15. The van der Waals surface area contributed by atoms with Gasteiger partial charge in [-0.05, 0) is 59.8 Å². The van der Waals surface area contributed by atoms with Gasteiger partial charge in [0.15, 0.2) is 0 Å². The summed E-state index contributed by atoms with van der Waals surface area (Å²) in [5.41, 5.74) is 1.20. The topological polar surface area (TPSA) is 81.4 Å². The molecule has 4 rings (SSSR count). The fourth-order valence-corrected chi connectivity index (χ4v) is 4.30. The Morgan fingerprint density at radius 3 is 2.76 bits per heavy atom. The summed E-state index contributed by atoms with van der Waals surface area (Å²) >= 11 is 9.38. The average molecular weight is 483 g/mol. The van der Waals surface area contributed by atoms with Crippen molar-refractivity contribution in [2.45, 2.75) is 44.6 Å². The van der Waals surface area contributed by atoms with E-state index in [4.69, 9.17) is 16.3 Å². The highest BCUT2D eigenvalue weighted by Crippen LogP contribution is 2.35. The Kier molecular flexibility index (Phi) is 5.69. The molecule has 3 aromatic rings. The van der Waals surface area contributed by atoms with Crippen molar-refractivity contribution < 1.29 is 13.9 Å². The smallest absolute Gasteiger partial charge is 0.302 e. The van der Waals surface area contributed by atoms with Crippen LogP contribution in [0.5, 0.6) is 0 Å². The Morgan fingerprint density at radius 2 is 2.07 bits per heavy atom. The van der Waals surface area contributed by atoms with Crippen molar-refractivity contribution in [3.05, 3.63) is 45.7 Å². The molecule has 1 aromatic carbocycles. The molecular formula is C19H18BrClFN5O2. The molecule has 1 fully saturated rings. The van der Waals surface area contributed by atoms with Gasteiger partial charge in [-0.3, -0.25) is 4.79 Å². The number of carbonyl (C=O) groups excluding carboxylic acids is 1. The van der Waals surface area contributed by atoms with Crippen molar-refractivity contribution in [3.8, 4) is 0 Å². The fraction of sp³-hybridized carbons (Fsp3) is 0.368. The van der Waals surface area contributed by atoms with E-state index in [-0.39, 0.29) is 23.0 Å². The monoisotopic (exact) mass is 481 g/mol. The van der Waals surface area contributed by atoms with Gasteiger partial charge in [-0.2, -0.15) is 0 Å². The minimum Gasteiger partial charge on any atom is -0.463 e. The second kappa shape index (κ2) is 8.23. The highest BCUT2D eigenvalue weighted by Gasteiger charge is 2.28. The van der Waals surface area contributed by atoms with Crippen molar-refractivity contribution in [2.75, 3.05) is 5.32 Å². The standard InChI is InChI=1S/C19H18BrClFN5O2/c1-10(28)29-15-4-2-11(3-5-15)18-25-17(20)16-9-23-19(26-27(16)18)24-14-7-12(21)6-13(22)8-14/h6-9,11,15H,2-5H2,1H3,(H,24,26). The molecule has 0 atom stereocenters. The van der Waals surface area contributed by atoms with E-state index < -0.39 is 5.82 Å². The lowest BCUT2D eigenvalue weighted by Gasteiger charge is -2.27. The van der Waals surface area contributed by atoms with E-state index >= 15 is 0 Å². The molecule has 1 N–H and O–H groups in total. The SMILES string of the molecule is CC(=O)OC1CCC(c2nc(Br)c3cnc(Nc4cc(F)cc(Cl)c4)nn23)CC1. The molecule has 7 nitrogen and oxygen atoms in total. The van der Waals surface area contributed by atoms with Gasteiger partial charge in [0.05, 0.1) is 6.20 Å². The number of imidazole rings is 1. The highest BCUT2D eigenvalue weighted by atomic mass is 79.9. The van der Waals surface area contributed by atoms with Gasteiger partial charge in [0, 0.05) is 23.6 Å². The van der Waals surface area contributed by atoms with E-state index in [0.29, 0.717) is 16.2 Å². The Morgan fingerprint density at radius 1 is 1.31 bits per heavy atom. The lowest BCUT2D eigenvalue weighted by atomic mass is 9.87. The summed E-state index contributed by atoms with van der Waals surface area (Å²) in [5.74, 6) is 0.613. The lowest BCUT2D eigenvalue weighted by molar-refractivity contribution is -0.147. The van der Waals surface area contributed by atoms with Crippen molar-refractivity contribution in [1.29, 1.82) is 0 Å². The number of rotatable bonds is 4. The minimum atomic E-state index is -0.448. The Balaban J connectivity index is 1.59. The molecule has 2 heterocycles. The second-order valence-corrected chi connectivity index (χ2v) is 8.19. The summed E-state index contributed by atoms with van der Waals surface area (Å²) in [4.78, 5) is 20.1. The van der Waals surface area contributed by atoms with Crippen LogP contribution in [0.2, 0.25) is 5.02 Å². The fourth-order valence-electron chi connectivity index (χ4n) is 3.62. The van der Waals surface area contributed by atoms with E-state index in [0.717, 1.165) is 37.0 Å². The highest BCUT2D eigenvalue weighted by molar-refractivity contribution is 9.10. The van der Waals surface area contributed by atoms with Crippen LogP contribution in [-0.4, -0.2) is 31.7 Å². The number of hydrogen-bond donors (Lipinski definition) is 1. The van der Waals surface area contributed by atoms with Crippen LogP contribution in [0.1, 0.15) is 44.3 Å². The largest absolute Gasteiger partial charge is 0.463 e. The molecule has 0 radical (unpaired) electrons. The third-order valence-electron chi connectivity index (χ3n) is 4.86. The number of fused-ring (bicyclic) bond motifs is 1. The normalized spacial score (nSPS) is 19.3. The number of anilines is 2. The van der Waals surface area contributed by atoms with Crippen LogP contribution >= 0.6 is 27.5 Å². The summed E-state index contributed by atoms with van der Waals surface area (Å²) < 4.78 is 21.3. The molecular weight excluding hydrogens is 465 g/mol. The van der Waals surface area contributed by atoms with Gasteiger partial charge in [0.1, 0.15) is 27.9 Å². The van der Waals surface area contributed by atoms with Gasteiger partial charge in [0.25, 0.3) is 0 Å². The maximum absolute atomic E-state index is 13.6. The van der Waals surface area contributed by atoms with Crippen LogP contribution < -0.4 is 5.32 Å². The summed E-state index contributed by atoms with van der Waals surface area (Å²) in [6.07, 6.45) is 4.87. The Hall–Kier alpha value is -2.26. The van der Waals surface area contributed by atoms with Crippen LogP contribution in [0.4, 0.5) is 16.0 Å². The zero-order chi connectivity index (χ0) is 20.5. The molecule has 1 saturated carbocycles. The molecule has 0 spiro atoms. The average Bonchev–Trinajstić information content (AvgIpc) is 2.97. The first-order valence-corrected chi connectivity index (χ1v) is 10.4. The van der Waals surface area contributed by atoms with Gasteiger partial charge in [-0.25, -0.2) is 18.9 Å². The predicted octanol–water partition coefficient (Wildman–Crippen LogP) is 5.01. The molecule has 29 heavy (non-hydrogen) atoms. The van der Waals surface area contributed by atoms with E-state index in [2.05, 4.69) is 36.3 Å². The number of halogens is 3. The second-order valence-electron chi connectivity index (χ2n) is 7.01. The van der Waals surface area contributed by atoms with Gasteiger partial charge in [-0.15, -0.1) is 5.10 Å². The molecule has 0 unspecified atom stereocenters. The molecule has 152 valence electrons. The van der Waals surface area contributed by atoms with Crippen molar-refractivity contribution in [2.24, 2.45) is 0 Å². The van der Waals surface area contributed by atoms with Crippen LogP contribution in [0.25, 0.3) is 5.52 Å². The van der Waals surface area contributed by atoms with Gasteiger partial charge < -0.3 is 10.1 Å². The third kappa shape index (κ3) is 4.51. The zero-order valence-electron chi connectivity index (χ0n) is 15.5. The van der Waals surface area contributed by atoms with Crippen LogP contribution in [0.3, 0.4) is 0 Å². The van der Waals surface area contributed by atoms with Crippen molar-refractivity contribution in [1.82, 2.24) is 19.6 Å². The van der Waals surface area contributed by atoms with E-state index in [1.807, 2.05) is 0 Å². The lowest BCUT2D eigenvalue weighted by Crippen LogP contribution is -2.23. The van der Waals surface area contributed by atoms with Crippen molar-refractivity contribution in [3.63, 3.8) is 0 Å². The summed E-state index contributed by atoms with van der Waals surface area (Å²) in [5, 5.41) is 7.80. The number of benzene rings is 1. The van der Waals surface area contributed by atoms with Crippen LogP contribution in [-0.2, 0) is 9.53 Å². The van der Waals surface area contributed by atoms with Crippen LogP contribution in [0.15, 0.2) is 29.0 Å². The van der Waals surface area contributed by atoms with Gasteiger partial charge in [-0.1, -0.05) is 11.6 Å². The van der Waals surface area contributed by atoms with Gasteiger partial charge in [0.2, 0.25) is 5.95 Å². The quantitative estimate of drug-likeness (QED) is 0.526. The minimum absolute atomic E-state index is 0.0389. The van der Waals surface area contributed by atoms with E-state index in [1.165, 1.54) is 19.1 Å². The first kappa shape index (κ1) is 20.0. The first-order valence-electron chi connectivity index (χ1n) is 9.20. The predicted molar refractivity (Wildman–Crippen MR) is 110 cm³/mol. The van der Waals surface area contributed by atoms with E-state index in [9.17, 15) is 9.18 Å². The van der Waals surface area contributed by atoms with Gasteiger partial charge >= 0.3 is 5.97 Å². The first-order chi connectivity index (χ1) is 13.9. The number of esters is 1. The Labute approximate surface area is 179 Å². The van der Waals surface area contributed by atoms with Crippen LogP contribution in [0, 0.1) is 5.82 Å². The van der Waals surface area contributed by atoms with Crippen molar-refractivity contribution >= 4 is 50.7 Å². The zero-order valence-corrected chi connectivity index (χ0v) is 17.9. The molecule has 0 bridgehead atoms. The number of carbonyl (C=O) groups is 1. The molecule has 0 amide bonds. The molecule has 2 aromatic heterocycles. The number of hydrogen-bond acceptors (Lipinski definition) is 6. The molecule has 0 aliphatic heterocycles. The number of nitrogens with zero attached hydrogens (tertiary/aromatic N) is 4. The summed E-state index contributed by atoms with van der Waals surface area (Å²) in [6.45, 7) is 1.43. The molecule has 1 aliphatic rings. The molecule has 1 aliphatic carbocycles. The molecule has 10 heteroatoms. The number of aromatic nitrogens is 4. The Bertz CT molecular complexity index is 1050. The number of nitrogens with one attached hydrogen (secondary N) is 1. The molecule has 0 saturated heterocycles. The number of ether oxygens (including phenoxy) is 1. The third-order valence-corrected chi connectivity index (χ3v) is 5.67. The maximum atomic E-state index is 13.6. The maximum Gasteiger partial charge on any atom is 0.302 e.